The molecule has 14 heteroatoms. The van der Waals surface area contributed by atoms with Crippen molar-refractivity contribution in [3.8, 4) is 0 Å². The Morgan fingerprint density at radius 3 is 0.143 bits per heavy atom. The van der Waals surface area contributed by atoms with Crippen LogP contribution in [-0.4, -0.2) is 60.2 Å². The number of rotatable bonds is 0. The van der Waals surface area contributed by atoms with Crippen LogP contribution in [-0.2, 0) is 51.2 Å². The first-order valence-corrected chi connectivity index (χ1v) is 0. The first-order valence-electron chi connectivity index (χ1n) is 0. The molecule has 0 saturated carbocycles. The van der Waals surface area contributed by atoms with Crippen molar-refractivity contribution in [3.05, 3.63) is 0 Å². The van der Waals surface area contributed by atoms with E-state index in [1.807, 2.05) is 0 Å². The fourth-order valence-electron chi connectivity index (χ4n) is 0. The van der Waals surface area contributed by atoms with Gasteiger partial charge >= 0.3 is 0 Å². The first kappa shape index (κ1) is 2410. The maximum absolute atomic E-state index is 0. The van der Waals surface area contributed by atoms with Crippen molar-refractivity contribution < 1.29 is 111 Å². The van der Waals surface area contributed by atoms with Gasteiger partial charge in [-0.05, 0) is 0 Å². The van der Waals surface area contributed by atoms with E-state index in [-0.39, 0.29) is 111 Å². The van der Waals surface area contributed by atoms with Crippen LogP contribution in [0.4, 0.5) is 0 Å². The average Bonchev–Trinajstić information content (AvgIpc) is 0. The van der Waals surface area contributed by atoms with Crippen LogP contribution in [0, 0.1) is 0 Å². The van der Waals surface area contributed by atoms with Gasteiger partial charge in [-0.3, -0.25) is 0 Å². The molecule has 0 unspecified atom stereocenters. The smallest absolute Gasteiger partial charge is 0 e. The molecule has 0 aromatic rings. The second kappa shape index (κ2) is 1940. The molecule has 14 heavy (non-hydrogen) atoms. The Balaban J connectivity index is 0. The van der Waals surface area contributed by atoms with Gasteiger partial charge in [0.25, 0.3) is 0 Å². The van der Waals surface area contributed by atoms with E-state index in [0.29, 0.717) is 0 Å². The predicted octanol–water partition coefficient (Wildman–Crippen LogP) is -9.08. The van der Waals surface area contributed by atoms with E-state index in [4.69, 9.17) is 0 Å². The summed E-state index contributed by atoms with van der Waals surface area (Å²) < 4.78 is 0. The van der Waals surface area contributed by atoms with Gasteiger partial charge in [-0.1, -0.05) is 0 Å². The van der Waals surface area contributed by atoms with Crippen LogP contribution in [0.1, 0.15) is 0 Å². The van der Waals surface area contributed by atoms with E-state index in [2.05, 4.69) is 0 Å². The summed E-state index contributed by atoms with van der Waals surface area (Å²) in [6.07, 6.45) is 0. The summed E-state index contributed by atoms with van der Waals surface area (Å²) in [4.78, 5) is 0. The third kappa shape index (κ3) is 1540. The zero-order valence-electron chi connectivity index (χ0n) is 6.56. The molecule has 0 spiro atoms. The molecule has 0 aliphatic heterocycles. The van der Waals surface area contributed by atoms with Crippen molar-refractivity contribution in [1.29, 1.82) is 0 Å². The van der Waals surface area contributed by atoms with Crippen LogP contribution in [0.25, 0.3) is 0 Å². The van der Waals surface area contributed by atoms with Crippen molar-refractivity contribution in [1.82, 2.24) is 0 Å². The molecule has 0 rings (SSSR count). The normalized spacial score (nSPS) is 0. The van der Waals surface area contributed by atoms with Gasteiger partial charge in [0.1, 0.15) is 0 Å². The molecule has 0 aliphatic carbocycles. The molecule has 0 atom stereocenters. The van der Waals surface area contributed by atoms with Gasteiger partial charge in [-0.25, -0.2) is 0 Å². The second-order valence-corrected chi connectivity index (χ2v) is 0. The largest absolute Gasteiger partial charge is 0.412 e. The van der Waals surface area contributed by atoms with Gasteiger partial charge in [0.15, 0.2) is 0 Å². The van der Waals surface area contributed by atoms with Crippen LogP contribution in [0.2, 0.25) is 0 Å². The Morgan fingerprint density at radius 2 is 0.143 bits per heavy atom. The summed E-state index contributed by atoms with van der Waals surface area (Å²) in [5.74, 6) is 0. The Bertz CT molecular complexity index is 10.5. The van der Waals surface area contributed by atoms with Crippen molar-refractivity contribution in [2.24, 2.45) is 0 Å². The number of hydrogen-bond acceptors (Lipinski definition) is 0. The van der Waals surface area contributed by atoms with E-state index in [1.165, 1.54) is 0 Å². The molecule has 0 bridgehead atoms. The molecule has 0 heterocycles. The molecule has 11 nitrogen and oxygen atoms in total. The Hall–Kier alpha value is 1.12. The standard InChI is InChI=1S/3Fe.11H2O/h;;;11*1H2. The summed E-state index contributed by atoms with van der Waals surface area (Å²) in [6.45, 7) is 0. The van der Waals surface area contributed by atoms with E-state index >= 15 is 0 Å². The molecule has 0 fully saturated rings. The fourth-order valence-corrected chi connectivity index (χ4v) is 0. The van der Waals surface area contributed by atoms with Crippen molar-refractivity contribution in [2.45, 2.75) is 0 Å². The van der Waals surface area contributed by atoms with Gasteiger partial charge in [-0.2, -0.15) is 0 Å². The Morgan fingerprint density at radius 1 is 0.143 bits per heavy atom. The van der Waals surface area contributed by atoms with Gasteiger partial charge in [-0.15, -0.1) is 0 Å². The molecule has 0 radical (unpaired) electrons. The Labute approximate surface area is 111 Å². The predicted molar refractivity (Wildman–Crippen MR) is 39.8 cm³/mol. The van der Waals surface area contributed by atoms with Gasteiger partial charge < -0.3 is 60.2 Å². The molecule has 0 saturated heterocycles. The maximum Gasteiger partial charge on any atom is 0 e. The van der Waals surface area contributed by atoms with Crippen LogP contribution in [0.5, 0.6) is 0 Å². The quantitative estimate of drug-likeness (QED) is 0.360. The van der Waals surface area contributed by atoms with Crippen molar-refractivity contribution in [2.75, 3.05) is 0 Å². The minimum Gasteiger partial charge on any atom is -0.412 e. The monoisotopic (exact) mass is 366 g/mol. The van der Waals surface area contributed by atoms with Gasteiger partial charge in [0.2, 0.25) is 0 Å². The van der Waals surface area contributed by atoms with Crippen molar-refractivity contribution >= 4 is 0 Å². The molecular formula is H22Fe3O11. The van der Waals surface area contributed by atoms with E-state index < -0.39 is 0 Å². The minimum absolute atomic E-state index is 0. The summed E-state index contributed by atoms with van der Waals surface area (Å²) in [5.41, 5.74) is 0. The van der Waals surface area contributed by atoms with E-state index in [9.17, 15) is 0 Å². The second-order valence-electron chi connectivity index (χ2n) is 0. The van der Waals surface area contributed by atoms with Crippen LogP contribution in [0.15, 0.2) is 0 Å². The number of hydrogen-bond donors (Lipinski definition) is 0. The molecule has 22 N–H and O–H groups in total. The third-order valence-corrected chi connectivity index (χ3v) is 0. The molecule has 0 aliphatic rings. The minimum atomic E-state index is 0. The van der Waals surface area contributed by atoms with Gasteiger partial charge in [0.05, 0.1) is 0 Å². The topological polar surface area (TPSA) is 346 Å². The Kier molecular flexibility index (Phi) is 334000. The summed E-state index contributed by atoms with van der Waals surface area (Å²) in [5, 5.41) is 0. The zero-order chi connectivity index (χ0) is 0. The summed E-state index contributed by atoms with van der Waals surface area (Å²) >= 11 is 0. The van der Waals surface area contributed by atoms with Crippen LogP contribution >= 0.6 is 0 Å². The molecule has 112 valence electrons. The first-order chi connectivity index (χ1) is 0. The van der Waals surface area contributed by atoms with Gasteiger partial charge in [0, 0.05) is 51.2 Å². The molecule has 0 amide bonds. The van der Waals surface area contributed by atoms with Crippen LogP contribution in [0.3, 0.4) is 0 Å². The average molecular weight is 366 g/mol. The van der Waals surface area contributed by atoms with Crippen LogP contribution < -0.4 is 0 Å². The van der Waals surface area contributed by atoms with E-state index in [1.54, 1.807) is 0 Å². The summed E-state index contributed by atoms with van der Waals surface area (Å²) in [6, 6.07) is 0. The zero-order valence-corrected chi connectivity index (χ0v) is 9.87. The SMILES string of the molecule is O.O.O.O.O.O.O.O.O.O.O.[Fe].[Fe].[Fe]. The summed E-state index contributed by atoms with van der Waals surface area (Å²) in [7, 11) is 0. The molecule has 0 aromatic carbocycles. The van der Waals surface area contributed by atoms with E-state index in [0.717, 1.165) is 0 Å². The van der Waals surface area contributed by atoms with Crippen molar-refractivity contribution in [3.63, 3.8) is 0 Å². The molecular weight excluding hydrogens is 344 g/mol. The maximum atomic E-state index is 0. The third-order valence-electron chi connectivity index (χ3n) is 0. The molecule has 0 aromatic heterocycles. The fraction of sp³-hybridized carbons (Fsp3) is 0.